The van der Waals surface area contributed by atoms with Gasteiger partial charge in [0.05, 0.1) is 7.11 Å². The molecular weight excluding hydrogens is 300 g/mol. The van der Waals surface area contributed by atoms with Crippen LogP contribution in [0.2, 0.25) is 0 Å². The molecular formula is C16H22N2O5. The summed E-state index contributed by atoms with van der Waals surface area (Å²) in [4.78, 5) is 36.1. The molecule has 0 aliphatic carbocycles. The number of carbonyl (C=O) groups excluding carboxylic acids is 2. The lowest BCUT2D eigenvalue weighted by Crippen LogP contribution is -2.33. The Morgan fingerprint density at radius 3 is 2.26 bits per heavy atom. The normalized spacial score (nSPS) is 11.4. The molecule has 0 saturated carbocycles. The smallest absolute Gasteiger partial charge is 0.330 e. The summed E-state index contributed by atoms with van der Waals surface area (Å²) in [6, 6.07) is 5.32. The van der Waals surface area contributed by atoms with Crippen LogP contribution in [0.5, 0.6) is 5.75 Å². The van der Waals surface area contributed by atoms with E-state index in [-0.39, 0.29) is 18.7 Å². The second-order valence-electron chi connectivity index (χ2n) is 5.25. The number of amides is 2. The standard InChI is InChI=1S/C16H22N2O5/c1-18(2)14(20)6-4-5-13(19)17-15(16(21)22)11-7-9-12(23-3)10-8-11/h7-10,15H,4-6H2,1-3H3,(H,17,19)(H,21,22). The molecule has 0 radical (unpaired) electrons. The van der Waals surface area contributed by atoms with E-state index in [9.17, 15) is 19.5 Å². The maximum atomic E-state index is 11.9. The molecule has 2 N–H and O–H groups in total. The first-order valence-corrected chi connectivity index (χ1v) is 7.21. The zero-order valence-electron chi connectivity index (χ0n) is 13.5. The third kappa shape index (κ3) is 5.98. The minimum Gasteiger partial charge on any atom is -0.497 e. The van der Waals surface area contributed by atoms with Gasteiger partial charge in [-0.25, -0.2) is 4.79 Å². The Labute approximate surface area is 135 Å². The average Bonchev–Trinajstić information content (AvgIpc) is 2.52. The Bertz CT molecular complexity index is 554. The van der Waals surface area contributed by atoms with Crippen LogP contribution in [0.4, 0.5) is 0 Å². The van der Waals surface area contributed by atoms with Gasteiger partial charge in [-0.3, -0.25) is 9.59 Å². The van der Waals surface area contributed by atoms with Crippen LogP contribution >= 0.6 is 0 Å². The van der Waals surface area contributed by atoms with Gasteiger partial charge in [0.1, 0.15) is 5.75 Å². The first-order chi connectivity index (χ1) is 10.8. The maximum absolute atomic E-state index is 11.9. The molecule has 1 aromatic carbocycles. The van der Waals surface area contributed by atoms with Gasteiger partial charge < -0.3 is 20.1 Å². The molecule has 0 fully saturated rings. The summed E-state index contributed by atoms with van der Waals surface area (Å²) in [6.45, 7) is 0. The zero-order valence-corrected chi connectivity index (χ0v) is 13.5. The van der Waals surface area contributed by atoms with Crippen molar-refractivity contribution in [2.24, 2.45) is 0 Å². The van der Waals surface area contributed by atoms with Crippen LogP contribution in [0, 0.1) is 0 Å². The van der Waals surface area contributed by atoms with E-state index >= 15 is 0 Å². The lowest BCUT2D eigenvalue weighted by Gasteiger charge is -2.15. The predicted molar refractivity (Wildman–Crippen MR) is 84.1 cm³/mol. The van der Waals surface area contributed by atoms with Crippen LogP contribution in [0.15, 0.2) is 24.3 Å². The summed E-state index contributed by atoms with van der Waals surface area (Å²) in [7, 11) is 4.81. The lowest BCUT2D eigenvalue weighted by atomic mass is 10.1. The lowest BCUT2D eigenvalue weighted by molar-refractivity contribution is -0.142. The van der Waals surface area contributed by atoms with Gasteiger partial charge in [-0.05, 0) is 24.1 Å². The van der Waals surface area contributed by atoms with Gasteiger partial charge in [0.25, 0.3) is 0 Å². The molecule has 0 spiro atoms. The number of hydrogen-bond acceptors (Lipinski definition) is 4. The van der Waals surface area contributed by atoms with E-state index in [2.05, 4.69) is 5.32 Å². The van der Waals surface area contributed by atoms with Crippen molar-refractivity contribution in [2.75, 3.05) is 21.2 Å². The largest absolute Gasteiger partial charge is 0.497 e. The highest BCUT2D eigenvalue weighted by Crippen LogP contribution is 2.18. The van der Waals surface area contributed by atoms with Crippen LogP contribution in [0.25, 0.3) is 0 Å². The Kier molecular flexibility index (Phi) is 7.05. The number of ether oxygens (including phenoxy) is 1. The van der Waals surface area contributed by atoms with E-state index in [1.807, 2.05) is 0 Å². The van der Waals surface area contributed by atoms with Crippen molar-refractivity contribution in [2.45, 2.75) is 25.3 Å². The van der Waals surface area contributed by atoms with Crippen molar-refractivity contribution in [3.8, 4) is 5.75 Å². The molecule has 0 heterocycles. The van der Waals surface area contributed by atoms with E-state index < -0.39 is 17.9 Å². The Balaban J connectivity index is 2.60. The van der Waals surface area contributed by atoms with E-state index in [0.29, 0.717) is 17.7 Å². The van der Waals surface area contributed by atoms with E-state index in [0.717, 1.165) is 0 Å². The van der Waals surface area contributed by atoms with Crippen molar-refractivity contribution in [1.29, 1.82) is 0 Å². The first-order valence-electron chi connectivity index (χ1n) is 7.21. The molecule has 1 aromatic rings. The minimum atomic E-state index is -1.15. The number of methoxy groups -OCH3 is 1. The summed E-state index contributed by atoms with van der Waals surface area (Å²) in [5.41, 5.74) is 0.455. The summed E-state index contributed by atoms with van der Waals surface area (Å²) in [5.74, 6) is -1.01. The van der Waals surface area contributed by atoms with Gasteiger partial charge >= 0.3 is 5.97 Å². The number of nitrogens with one attached hydrogen (secondary N) is 1. The van der Waals surface area contributed by atoms with Crippen LogP contribution in [0.3, 0.4) is 0 Å². The third-order valence-corrected chi connectivity index (χ3v) is 3.29. The fourth-order valence-electron chi connectivity index (χ4n) is 1.94. The second kappa shape index (κ2) is 8.77. The molecule has 2 amide bonds. The van der Waals surface area contributed by atoms with Crippen molar-refractivity contribution < 1.29 is 24.2 Å². The van der Waals surface area contributed by atoms with Crippen molar-refractivity contribution >= 4 is 17.8 Å². The second-order valence-corrected chi connectivity index (χ2v) is 5.25. The highest BCUT2D eigenvalue weighted by atomic mass is 16.5. The van der Waals surface area contributed by atoms with Gasteiger partial charge in [0.2, 0.25) is 11.8 Å². The Morgan fingerprint density at radius 2 is 1.78 bits per heavy atom. The molecule has 1 atom stereocenters. The molecule has 0 aromatic heterocycles. The van der Waals surface area contributed by atoms with Gasteiger partial charge in [-0.1, -0.05) is 12.1 Å². The molecule has 0 bridgehead atoms. The molecule has 1 unspecified atom stereocenters. The fourth-order valence-corrected chi connectivity index (χ4v) is 1.94. The van der Waals surface area contributed by atoms with Crippen LogP contribution in [-0.4, -0.2) is 49.0 Å². The topological polar surface area (TPSA) is 95.9 Å². The zero-order chi connectivity index (χ0) is 17.4. The molecule has 23 heavy (non-hydrogen) atoms. The highest BCUT2D eigenvalue weighted by molar-refractivity contribution is 5.85. The average molecular weight is 322 g/mol. The summed E-state index contributed by atoms with van der Waals surface area (Å²) in [6.07, 6.45) is 0.720. The number of benzene rings is 1. The molecule has 0 aliphatic heterocycles. The van der Waals surface area contributed by atoms with Crippen molar-refractivity contribution in [1.82, 2.24) is 10.2 Å². The molecule has 7 heteroatoms. The SMILES string of the molecule is COc1ccc(C(NC(=O)CCCC(=O)N(C)C)C(=O)O)cc1. The number of carboxylic acids is 1. The Morgan fingerprint density at radius 1 is 1.17 bits per heavy atom. The number of aliphatic carboxylic acids is 1. The van der Waals surface area contributed by atoms with Gasteiger partial charge in [0.15, 0.2) is 6.04 Å². The van der Waals surface area contributed by atoms with Crippen molar-refractivity contribution in [3.63, 3.8) is 0 Å². The monoisotopic (exact) mass is 322 g/mol. The fraction of sp³-hybridized carbons (Fsp3) is 0.438. The van der Waals surface area contributed by atoms with Gasteiger partial charge in [-0.2, -0.15) is 0 Å². The summed E-state index contributed by atoms with van der Waals surface area (Å²) >= 11 is 0. The van der Waals surface area contributed by atoms with Crippen molar-refractivity contribution in [3.05, 3.63) is 29.8 Å². The van der Waals surface area contributed by atoms with Crippen LogP contribution in [-0.2, 0) is 14.4 Å². The van der Waals surface area contributed by atoms with Gasteiger partial charge in [0, 0.05) is 26.9 Å². The quantitative estimate of drug-likeness (QED) is 0.749. The first kappa shape index (κ1) is 18.5. The molecule has 7 nitrogen and oxygen atoms in total. The van der Waals surface area contributed by atoms with Crippen LogP contribution < -0.4 is 10.1 Å². The van der Waals surface area contributed by atoms with Crippen LogP contribution in [0.1, 0.15) is 30.9 Å². The summed E-state index contributed by atoms with van der Waals surface area (Å²) in [5, 5.41) is 11.8. The van der Waals surface area contributed by atoms with E-state index in [4.69, 9.17) is 4.74 Å². The molecule has 126 valence electrons. The highest BCUT2D eigenvalue weighted by Gasteiger charge is 2.22. The third-order valence-electron chi connectivity index (χ3n) is 3.29. The number of carbonyl (C=O) groups is 3. The number of rotatable bonds is 8. The Hall–Kier alpha value is -2.57. The number of carboxylic acid groups (broad SMARTS) is 1. The van der Waals surface area contributed by atoms with E-state index in [1.54, 1.807) is 38.4 Å². The number of nitrogens with zero attached hydrogens (tertiary/aromatic N) is 1. The summed E-state index contributed by atoms with van der Waals surface area (Å²) < 4.78 is 5.01. The molecule has 1 rings (SSSR count). The predicted octanol–water partition coefficient (Wildman–Crippen LogP) is 1.20. The maximum Gasteiger partial charge on any atom is 0.330 e. The minimum absolute atomic E-state index is 0.0669. The number of hydrogen-bond donors (Lipinski definition) is 2. The molecule has 0 saturated heterocycles. The van der Waals surface area contributed by atoms with Gasteiger partial charge in [-0.15, -0.1) is 0 Å². The van der Waals surface area contributed by atoms with E-state index in [1.165, 1.54) is 12.0 Å². The molecule has 0 aliphatic rings.